The van der Waals surface area contributed by atoms with E-state index in [9.17, 15) is 8.42 Å². The molecule has 5 nitrogen and oxygen atoms in total. The Morgan fingerprint density at radius 2 is 2.10 bits per heavy atom. The molecule has 0 spiro atoms. The lowest BCUT2D eigenvalue weighted by atomic mass is 10.1. The van der Waals surface area contributed by atoms with Gasteiger partial charge in [0.15, 0.2) is 0 Å². The molecule has 0 radical (unpaired) electrons. The minimum Gasteiger partial charge on any atom is -0.379 e. The Kier molecular flexibility index (Phi) is 5.37. The molecule has 1 aliphatic rings. The third kappa shape index (κ3) is 4.26. The Morgan fingerprint density at radius 1 is 1.33 bits per heavy atom. The molecule has 1 saturated heterocycles. The van der Waals surface area contributed by atoms with Gasteiger partial charge in [0.2, 0.25) is 10.0 Å². The molecule has 118 valence electrons. The molecule has 2 rings (SSSR count). The first-order chi connectivity index (χ1) is 9.90. The van der Waals surface area contributed by atoms with Crippen molar-refractivity contribution in [3.8, 4) is 0 Å². The summed E-state index contributed by atoms with van der Waals surface area (Å²) in [5.74, 6) is 0. The maximum absolute atomic E-state index is 12.3. The van der Waals surface area contributed by atoms with E-state index in [1.165, 1.54) is 0 Å². The van der Waals surface area contributed by atoms with Crippen LogP contribution in [0.4, 0.5) is 0 Å². The Morgan fingerprint density at radius 3 is 2.76 bits per heavy atom. The lowest BCUT2D eigenvalue weighted by Crippen LogP contribution is -2.46. The normalized spacial score (nSPS) is 20.6. The highest BCUT2D eigenvalue weighted by molar-refractivity contribution is 7.89. The molecule has 0 aromatic heterocycles. The van der Waals surface area contributed by atoms with Crippen LogP contribution in [0.2, 0.25) is 0 Å². The van der Waals surface area contributed by atoms with Crippen LogP contribution in [-0.2, 0) is 14.8 Å². The van der Waals surface area contributed by atoms with Crippen molar-refractivity contribution >= 4 is 10.0 Å². The molecule has 1 aliphatic heterocycles. The number of morpholine rings is 1. The van der Waals surface area contributed by atoms with Crippen molar-refractivity contribution in [3.05, 3.63) is 29.3 Å². The highest BCUT2D eigenvalue weighted by Gasteiger charge is 2.19. The van der Waals surface area contributed by atoms with Crippen LogP contribution in [0.5, 0.6) is 0 Å². The van der Waals surface area contributed by atoms with Gasteiger partial charge in [0.05, 0.1) is 18.1 Å². The van der Waals surface area contributed by atoms with Crippen molar-refractivity contribution in [2.75, 3.05) is 32.8 Å². The first-order valence-electron chi connectivity index (χ1n) is 7.29. The predicted octanol–water partition coefficient (Wildman–Crippen LogP) is 1.30. The molecule has 1 aromatic carbocycles. The van der Waals surface area contributed by atoms with Gasteiger partial charge in [-0.1, -0.05) is 6.07 Å². The van der Waals surface area contributed by atoms with Crippen molar-refractivity contribution in [3.63, 3.8) is 0 Å². The monoisotopic (exact) mass is 312 g/mol. The van der Waals surface area contributed by atoms with Crippen LogP contribution in [-0.4, -0.2) is 52.2 Å². The van der Waals surface area contributed by atoms with Crippen LogP contribution in [0.1, 0.15) is 18.1 Å². The average molecular weight is 312 g/mol. The van der Waals surface area contributed by atoms with E-state index in [-0.39, 0.29) is 0 Å². The average Bonchev–Trinajstić information content (AvgIpc) is 2.44. The summed E-state index contributed by atoms with van der Waals surface area (Å²) in [6.07, 6.45) is 0. The standard InChI is InChI=1S/C15H24N2O3S/c1-12-4-5-15(10-13(12)2)21(18,19)16-6-7-17-8-9-20-11-14(17)3/h4-5,10,14,16H,6-9,11H2,1-3H3. The number of nitrogens with zero attached hydrogens (tertiary/aromatic N) is 1. The molecular formula is C15H24N2O3S. The molecular weight excluding hydrogens is 288 g/mol. The van der Waals surface area contributed by atoms with E-state index >= 15 is 0 Å². The molecule has 21 heavy (non-hydrogen) atoms. The number of hydrogen-bond acceptors (Lipinski definition) is 4. The van der Waals surface area contributed by atoms with Gasteiger partial charge in [-0.3, -0.25) is 4.90 Å². The third-order valence-electron chi connectivity index (χ3n) is 3.99. The molecule has 0 amide bonds. The Balaban J connectivity index is 1.93. The molecule has 1 N–H and O–H groups in total. The van der Waals surface area contributed by atoms with Gasteiger partial charge in [-0.2, -0.15) is 0 Å². The quantitative estimate of drug-likeness (QED) is 0.890. The molecule has 0 bridgehead atoms. The number of hydrogen-bond donors (Lipinski definition) is 1. The third-order valence-corrected chi connectivity index (χ3v) is 5.44. The predicted molar refractivity (Wildman–Crippen MR) is 83.0 cm³/mol. The second-order valence-corrected chi connectivity index (χ2v) is 7.37. The number of ether oxygens (including phenoxy) is 1. The summed E-state index contributed by atoms with van der Waals surface area (Å²) in [6, 6.07) is 5.55. The SMILES string of the molecule is Cc1ccc(S(=O)(=O)NCCN2CCOCC2C)cc1C. The maximum atomic E-state index is 12.3. The van der Waals surface area contributed by atoms with Crippen molar-refractivity contribution < 1.29 is 13.2 Å². The lowest BCUT2D eigenvalue weighted by Gasteiger charge is -2.33. The Bertz CT molecular complexity index is 587. The van der Waals surface area contributed by atoms with Gasteiger partial charge in [-0.05, 0) is 44.0 Å². The van der Waals surface area contributed by atoms with E-state index in [1.54, 1.807) is 12.1 Å². The van der Waals surface area contributed by atoms with Crippen LogP contribution >= 0.6 is 0 Å². The fourth-order valence-corrected chi connectivity index (χ4v) is 3.49. The van der Waals surface area contributed by atoms with Gasteiger partial charge < -0.3 is 4.74 Å². The topological polar surface area (TPSA) is 58.6 Å². The summed E-state index contributed by atoms with van der Waals surface area (Å²) < 4.78 is 32.6. The summed E-state index contributed by atoms with van der Waals surface area (Å²) in [7, 11) is -3.43. The summed E-state index contributed by atoms with van der Waals surface area (Å²) in [5, 5.41) is 0. The van der Waals surface area contributed by atoms with E-state index in [1.807, 2.05) is 19.9 Å². The van der Waals surface area contributed by atoms with E-state index < -0.39 is 10.0 Å². The van der Waals surface area contributed by atoms with E-state index in [2.05, 4.69) is 16.5 Å². The van der Waals surface area contributed by atoms with Gasteiger partial charge in [0.1, 0.15) is 0 Å². The zero-order valence-corrected chi connectivity index (χ0v) is 13.7. The number of nitrogens with one attached hydrogen (secondary N) is 1. The Labute approximate surface area is 127 Å². The number of sulfonamides is 1. The van der Waals surface area contributed by atoms with Gasteiger partial charge in [-0.15, -0.1) is 0 Å². The second-order valence-electron chi connectivity index (χ2n) is 5.60. The van der Waals surface area contributed by atoms with Gasteiger partial charge in [-0.25, -0.2) is 13.1 Å². The zero-order valence-electron chi connectivity index (χ0n) is 12.9. The van der Waals surface area contributed by atoms with Crippen LogP contribution in [0.25, 0.3) is 0 Å². The molecule has 6 heteroatoms. The minimum absolute atomic E-state index is 0.334. The first kappa shape index (κ1) is 16.4. The van der Waals surface area contributed by atoms with Crippen LogP contribution < -0.4 is 4.72 Å². The molecule has 0 saturated carbocycles. The largest absolute Gasteiger partial charge is 0.379 e. The number of rotatable bonds is 5. The van der Waals surface area contributed by atoms with Crippen molar-refractivity contribution in [2.24, 2.45) is 0 Å². The molecule has 1 aromatic rings. The Hall–Kier alpha value is -0.950. The molecule has 0 aliphatic carbocycles. The van der Waals surface area contributed by atoms with E-state index in [0.29, 0.717) is 37.2 Å². The summed E-state index contributed by atoms with van der Waals surface area (Å²) in [4.78, 5) is 2.58. The first-order valence-corrected chi connectivity index (χ1v) is 8.77. The van der Waals surface area contributed by atoms with Crippen molar-refractivity contribution in [1.29, 1.82) is 0 Å². The molecule has 1 heterocycles. The van der Waals surface area contributed by atoms with Crippen LogP contribution in [0.15, 0.2) is 23.1 Å². The van der Waals surface area contributed by atoms with E-state index in [0.717, 1.165) is 17.7 Å². The summed E-state index contributed by atoms with van der Waals surface area (Å²) in [5.41, 5.74) is 2.08. The lowest BCUT2D eigenvalue weighted by molar-refractivity contribution is 0.000989. The van der Waals surface area contributed by atoms with Crippen LogP contribution in [0, 0.1) is 13.8 Å². The highest BCUT2D eigenvalue weighted by atomic mass is 32.2. The summed E-state index contributed by atoms with van der Waals surface area (Å²) >= 11 is 0. The maximum Gasteiger partial charge on any atom is 0.240 e. The van der Waals surface area contributed by atoms with Gasteiger partial charge in [0.25, 0.3) is 0 Å². The van der Waals surface area contributed by atoms with Gasteiger partial charge >= 0.3 is 0 Å². The second kappa shape index (κ2) is 6.87. The highest BCUT2D eigenvalue weighted by Crippen LogP contribution is 2.14. The molecule has 1 unspecified atom stereocenters. The number of benzene rings is 1. The minimum atomic E-state index is -3.43. The fraction of sp³-hybridized carbons (Fsp3) is 0.600. The van der Waals surface area contributed by atoms with Crippen molar-refractivity contribution in [1.82, 2.24) is 9.62 Å². The zero-order chi connectivity index (χ0) is 15.5. The smallest absolute Gasteiger partial charge is 0.240 e. The van der Waals surface area contributed by atoms with Gasteiger partial charge in [0, 0.05) is 25.7 Å². The molecule has 1 fully saturated rings. The molecule has 1 atom stereocenters. The van der Waals surface area contributed by atoms with Crippen LogP contribution in [0.3, 0.4) is 0 Å². The summed E-state index contributed by atoms with van der Waals surface area (Å²) in [6.45, 7) is 9.39. The van der Waals surface area contributed by atoms with Crippen molar-refractivity contribution in [2.45, 2.75) is 31.7 Å². The number of aryl methyl sites for hydroxylation is 2. The van der Waals surface area contributed by atoms with E-state index in [4.69, 9.17) is 4.74 Å². The fourth-order valence-electron chi connectivity index (χ4n) is 2.38.